The lowest BCUT2D eigenvalue weighted by Gasteiger charge is -2.18. The van der Waals surface area contributed by atoms with Crippen LogP contribution in [-0.4, -0.2) is 63.2 Å². The van der Waals surface area contributed by atoms with E-state index in [-0.39, 0.29) is 23.3 Å². The molecule has 0 heterocycles. The van der Waals surface area contributed by atoms with E-state index in [1.165, 1.54) is 33.5 Å². The summed E-state index contributed by atoms with van der Waals surface area (Å²) in [4.78, 5) is 26.2. The minimum absolute atomic E-state index is 0.104. The number of nitrogens with one attached hydrogen (secondary N) is 2. The second-order valence-corrected chi connectivity index (χ2v) is 9.28. The number of hydrogen-bond acceptors (Lipinski definition) is 5. The predicted octanol–water partition coefficient (Wildman–Crippen LogP) is 3.12. The molecule has 0 spiro atoms. The van der Waals surface area contributed by atoms with Crippen molar-refractivity contribution in [1.82, 2.24) is 9.21 Å². The van der Waals surface area contributed by atoms with E-state index in [4.69, 9.17) is 11.6 Å². The average Bonchev–Trinajstić information content (AvgIpc) is 2.73. The maximum absolute atomic E-state index is 12.5. The number of rotatable bonds is 9. The highest BCUT2D eigenvalue weighted by Gasteiger charge is 2.21. The van der Waals surface area contributed by atoms with Crippen LogP contribution >= 0.6 is 11.6 Å². The molecule has 2 rings (SSSR count). The molecule has 0 saturated heterocycles. The van der Waals surface area contributed by atoms with Gasteiger partial charge in [0.05, 0.1) is 17.0 Å². The van der Waals surface area contributed by atoms with Crippen molar-refractivity contribution in [1.29, 1.82) is 0 Å². The van der Waals surface area contributed by atoms with E-state index in [2.05, 4.69) is 10.6 Å². The molecule has 2 aromatic carbocycles. The van der Waals surface area contributed by atoms with Crippen LogP contribution in [0.5, 0.6) is 0 Å². The molecule has 2 amide bonds. The number of carbonyl (C=O) groups excluding carboxylic acids is 2. The van der Waals surface area contributed by atoms with Gasteiger partial charge >= 0.3 is 0 Å². The van der Waals surface area contributed by atoms with Gasteiger partial charge in [0.1, 0.15) is 0 Å². The van der Waals surface area contributed by atoms with E-state index < -0.39 is 10.0 Å². The van der Waals surface area contributed by atoms with E-state index in [1.54, 1.807) is 46.1 Å². The summed E-state index contributed by atoms with van der Waals surface area (Å²) in [5, 5.41) is 6.06. The third-order valence-electron chi connectivity index (χ3n) is 4.54. The molecule has 0 unspecified atom stereocenters. The normalized spacial score (nSPS) is 11.3. The molecule has 8 nitrogen and oxygen atoms in total. The smallest absolute Gasteiger partial charge is 0.255 e. The Hall–Kier alpha value is -2.62. The van der Waals surface area contributed by atoms with Gasteiger partial charge in [-0.1, -0.05) is 25.4 Å². The van der Waals surface area contributed by atoms with Crippen molar-refractivity contribution < 1.29 is 18.0 Å². The molecule has 0 bridgehead atoms. The molecule has 168 valence electrons. The van der Waals surface area contributed by atoms with Crippen LogP contribution in [0.1, 0.15) is 24.2 Å². The third kappa shape index (κ3) is 6.19. The Labute approximate surface area is 188 Å². The molecule has 0 aliphatic heterocycles. The van der Waals surface area contributed by atoms with Gasteiger partial charge in [-0.2, -0.15) is 4.31 Å². The van der Waals surface area contributed by atoms with Gasteiger partial charge in [0, 0.05) is 43.6 Å². The van der Waals surface area contributed by atoms with Crippen LogP contribution in [0.3, 0.4) is 0 Å². The first-order valence-electron chi connectivity index (χ1n) is 9.75. The molecule has 10 heteroatoms. The van der Waals surface area contributed by atoms with Gasteiger partial charge in [0.2, 0.25) is 15.9 Å². The van der Waals surface area contributed by atoms with Gasteiger partial charge < -0.3 is 15.5 Å². The summed E-state index contributed by atoms with van der Waals surface area (Å²) < 4.78 is 26.4. The molecule has 2 aromatic rings. The molecular weight excluding hydrogens is 440 g/mol. The molecule has 0 saturated carbocycles. The van der Waals surface area contributed by atoms with E-state index >= 15 is 0 Å². The minimum Gasteiger partial charge on any atom is -0.375 e. The Balaban J connectivity index is 2.06. The largest absolute Gasteiger partial charge is 0.375 e. The summed E-state index contributed by atoms with van der Waals surface area (Å²) in [6.45, 7) is 4.21. The van der Waals surface area contributed by atoms with Gasteiger partial charge in [-0.15, -0.1) is 0 Å². The van der Waals surface area contributed by atoms with E-state index in [1.807, 2.05) is 0 Å². The van der Waals surface area contributed by atoms with Crippen molar-refractivity contribution in [2.24, 2.45) is 0 Å². The zero-order chi connectivity index (χ0) is 23.2. The summed E-state index contributed by atoms with van der Waals surface area (Å²) in [6.07, 6.45) is 0. The lowest BCUT2D eigenvalue weighted by molar-refractivity contribution is -0.114. The predicted molar refractivity (Wildman–Crippen MR) is 123 cm³/mol. The van der Waals surface area contributed by atoms with Gasteiger partial charge in [-0.05, 0) is 42.5 Å². The standard InChI is InChI=1S/C21H27ClN4O4S/c1-5-26(6-2)31(29,30)17-10-8-16(9-11-17)24-20(27)14-23-19-13-15(22)7-12-18(19)21(28)25(3)4/h7-13,23H,5-6,14H2,1-4H3,(H,24,27). The third-order valence-corrected chi connectivity index (χ3v) is 6.84. The van der Waals surface area contributed by atoms with Gasteiger partial charge in [0.15, 0.2) is 0 Å². The minimum atomic E-state index is -3.56. The van der Waals surface area contributed by atoms with Crippen LogP contribution in [0.2, 0.25) is 5.02 Å². The summed E-state index contributed by atoms with van der Waals surface area (Å²) in [7, 11) is -0.284. The van der Waals surface area contributed by atoms with Crippen molar-refractivity contribution in [3.63, 3.8) is 0 Å². The Morgan fingerprint density at radius 3 is 2.16 bits per heavy atom. The van der Waals surface area contributed by atoms with Crippen LogP contribution in [0.4, 0.5) is 11.4 Å². The van der Waals surface area contributed by atoms with Crippen LogP contribution in [0.25, 0.3) is 0 Å². The number of anilines is 2. The number of nitrogens with zero attached hydrogens (tertiary/aromatic N) is 2. The first-order valence-corrected chi connectivity index (χ1v) is 11.6. The fourth-order valence-electron chi connectivity index (χ4n) is 2.89. The topological polar surface area (TPSA) is 98.8 Å². The Kier molecular flexibility index (Phi) is 8.43. The lowest BCUT2D eigenvalue weighted by atomic mass is 10.1. The Bertz CT molecular complexity index is 1040. The number of amides is 2. The van der Waals surface area contributed by atoms with Crippen molar-refractivity contribution >= 4 is 44.8 Å². The van der Waals surface area contributed by atoms with Crippen LogP contribution in [0, 0.1) is 0 Å². The van der Waals surface area contributed by atoms with Gasteiger partial charge in [0.25, 0.3) is 5.91 Å². The summed E-state index contributed by atoms with van der Waals surface area (Å²) >= 11 is 6.02. The maximum atomic E-state index is 12.5. The first-order chi connectivity index (χ1) is 14.6. The SMILES string of the molecule is CCN(CC)S(=O)(=O)c1ccc(NC(=O)CNc2cc(Cl)ccc2C(=O)N(C)C)cc1. The van der Waals surface area contributed by atoms with E-state index in [9.17, 15) is 18.0 Å². The fraction of sp³-hybridized carbons (Fsp3) is 0.333. The number of carbonyl (C=O) groups is 2. The van der Waals surface area contributed by atoms with Gasteiger partial charge in [-0.3, -0.25) is 9.59 Å². The first kappa shape index (κ1) is 24.6. The maximum Gasteiger partial charge on any atom is 0.255 e. The second kappa shape index (κ2) is 10.6. The molecule has 0 aromatic heterocycles. The molecule has 0 aliphatic carbocycles. The highest BCUT2D eigenvalue weighted by atomic mass is 35.5. The zero-order valence-electron chi connectivity index (χ0n) is 18.0. The molecule has 0 fully saturated rings. The van der Waals surface area contributed by atoms with Crippen LogP contribution in [0.15, 0.2) is 47.4 Å². The lowest BCUT2D eigenvalue weighted by Crippen LogP contribution is -2.30. The number of hydrogen-bond donors (Lipinski definition) is 2. The quantitative estimate of drug-likeness (QED) is 0.591. The summed E-state index contributed by atoms with van der Waals surface area (Å²) in [5.41, 5.74) is 1.30. The highest BCUT2D eigenvalue weighted by molar-refractivity contribution is 7.89. The van der Waals surface area contributed by atoms with E-state index in [0.29, 0.717) is 35.1 Å². The molecule has 0 atom stereocenters. The molecule has 31 heavy (non-hydrogen) atoms. The molecular formula is C21H27ClN4O4S. The van der Waals surface area contributed by atoms with Crippen molar-refractivity contribution in [2.45, 2.75) is 18.7 Å². The summed E-state index contributed by atoms with van der Waals surface area (Å²) in [5.74, 6) is -0.577. The Morgan fingerprint density at radius 1 is 1.00 bits per heavy atom. The van der Waals surface area contributed by atoms with Crippen LogP contribution < -0.4 is 10.6 Å². The number of benzene rings is 2. The monoisotopic (exact) mass is 466 g/mol. The molecule has 2 N–H and O–H groups in total. The van der Waals surface area contributed by atoms with Crippen molar-refractivity contribution in [3.8, 4) is 0 Å². The number of sulfonamides is 1. The van der Waals surface area contributed by atoms with Crippen LogP contribution in [-0.2, 0) is 14.8 Å². The fourth-order valence-corrected chi connectivity index (χ4v) is 4.52. The second-order valence-electron chi connectivity index (χ2n) is 6.90. The van der Waals surface area contributed by atoms with Gasteiger partial charge in [-0.25, -0.2) is 8.42 Å². The van der Waals surface area contributed by atoms with Crippen molar-refractivity contribution in [2.75, 3.05) is 44.4 Å². The van der Waals surface area contributed by atoms with Crippen molar-refractivity contribution in [3.05, 3.63) is 53.1 Å². The average molecular weight is 467 g/mol. The van der Waals surface area contributed by atoms with E-state index in [0.717, 1.165) is 0 Å². The highest BCUT2D eigenvalue weighted by Crippen LogP contribution is 2.22. The zero-order valence-corrected chi connectivity index (χ0v) is 19.5. The molecule has 0 aliphatic rings. The summed E-state index contributed by atoms with van der Waals surface area (Å²) in [6, 6.07) is 10.8. The Morgan fingerprint density at radius 2 is 1.61 bits per heavy atom. The molecule has 0 radical (unpaired) electrons. The number of halogens is 1.